The lowest BCUT2D eigenvalue weighted by Gasteiger charge is -2.26. The van der Waals surface area contributed by atoms with Crippen molar-refractivity contribution in [3.63, 3.8) is 0 Å². The van der Waals surface area contributed by atoms with Gasteiger partial charge in [-0.25, -0.2) is 0 Å². The molecule has 0 spiro atoms. The van der Waals surface area contributed by atoms with Crippen LogP contribution in [0.4, 0.5) is 0 Å². The van der Waals surface area contributed by atoms with Crippen LogP contribution in [-0.4, -0.2) is 49.2 Å². The van der Waals surface area contributed by atoms with Gasteiger partial charge in [0, 0.05) is 25.1 Å². The minimum atomic E-state index is -0.414. The van der Waals surface area contributed by atoms with Crippen LogP contribution in [0.15, 0.2) is 0 Å². The van der Waals surface area contributed by atoms with Crippen LogP contribution in [0.5, 0.6) is 0 Å². The highest BCUT2D eigenvalue weighted by Crippen LogP contribution is 2.20. The zero-order chi connectivity index (χ0) is 11.3. The summed E-state index contributed by atoms with van der Waals surface area (Å²) >= 11 is 0. The Morgan fingerprint density at radius 2 is 2.07 bits per heavy atom. The number of rotatable bonds is 6. The molecule has 4 nitrogen and oxygen atoms in total. The van der Waals surface area contributed by atoms with E-state index in [9.17, 15) is 0 Å². The van der Waals surface area contributed by atoms with Crippen molar-refractivity contribution in [3.05, 3.63) is 0 Å². The van der Waals surface area contributed by atoms with Crippen LogP contribution in [0.25, 0.3) is 0 Å². The molecule has 1 aliphatic rings. The Morgan fingerprint density at radius 1 is 1.40 bits per heavy atom. The lowest BCUT2D eigenvalue weighted by molar-refractivity contribution is 0.0665. The molecule has 1 saturated heterocycles. The van der Waals surface area contributed by atoms with E-state index in [4.69, 9.17) is 14.9 Å². The maximum atomic E-state index is 9.10. The predicted molar refractivity (Wildman–Crippen MR) is 58.7 cm³/mol. The molecule has 1 rings (SSSR count). The van der Waals surface area contributed by atoms with Crippen molar-refractivity contribution < 1.29 is 14.9 Å². The number of aliphatic hydroxyl groups is 2. The third-order valence-corrected chi connectivity index (χ3v) is 3.25. The average molecular weight is 217 g/mol. The molecule has 1 aliphatic heterocycles. The third-order valence-electron chi connectivity index (χ3n) is 3.25. The summed E-state index contributed by atoms with van der Waals surface area (Å²) in [5.41, 5.74) is -0.414. The fraction of sp³-hybridized carbons (Fsp3) is 1.00. The van der Waals surface area contributed by atoms with Gasteiger partial charge in [0.25, 0.3) is 0 Å². The molecule has 2 atom stereocenters. The van der Waals surface area contributed by atoms with Gasteiger partial charge in [0.05, 0.1) is 19.3 Å². The lowest BCUT2D eigenvalue weighted by Crippen LogP contribution is -2.40. The molecule has 1 heterocycles. The maximum Gasteiger partial charge on any atom is 0.0588 e. The lowest BCUT2D eigenvalue weighted by atomic mass is 9.92. The maximum absolute atomic E-state index is 9.10. The van der Waals surface area contributed by atoms with Gasteiger partial charge in [-0.2, -0.15) is 0 Å². The molecule has 0 bridgehead atoms. The third kappa shape index (κ3) is 3.72. The van der Waals surface area contributed by atoms with E-state index in [0.717, 1.165) is 19.6 Å². The number of nitrogens with one attached hydrogen (secondary N) is 1. The quantitative estimate of drug-likeness (QED) is 0.586. The first-order chi connectivity index (χ1) is 7.11. The van der Waals surface area contributed by atoms with Crippen molar-refractivity contribution >= 4 is 0 Å². The van der Waals surface area contributed by atoms with Crippen LogP contribution >= 0.6 is 0 Å². The second-order valence-corrected chi connectivity index (χ2v) is 4.88. The molecule has 0 aromatic heterocycles. The fourth-order valence-electron chi connectivity index (χ4n) is 1.77. The molecule has 15 heavy (non-hydrogen) atoms. The molecule has 0 aromatic rings. The van der Waals surface area contributed by atoms with Gasteiger partial charge in [-0.1, -0.05) is 6.92 Å². The van der Waals surface area contributed by atoms with Gasteiger partial charge in [-0.15, -0.1) is 0 Å². The molecule has 0 amide bonds. The van der Waals surface area contributed by atoms with E-state index >= 15 is 0 Å². The first-order valence-corrected chi connectivity index (χ1v) is 5.65. The first-order valence-electron chi connectivity index (χ1n) is 5.65. The Bertz CT molecular complexity index is 183. The van der Waals surface area contributed by atoms with Crippen molar-refractivity contribution in [2.75, 3.05) is 32.9 Å². The number of ether oxygens (including phenoxy) is 1. The first kappa shape index (κ1) is 12.9. The highest BCUT2D eigenvalue weighted by molar-refractivity contribution is 4.79. The van der Waals surface area contributed by atoms with E-state index in [-0.39, 0.29) is 13.2 Å². The van der Waals surface area contributed by atoms with Crippen molar-refractivity contribution in [2.45, 2.75) is 26.4 Å². The Kier molecular flexibility index (Phi) is 4.99. The summed E-state index contributed by atoms with van der Waals surface area (Å²) in [7, 11) is 0. The molecule has 1 fully saturated rings. The van der Waals surface area contributed by atoms with E-state index in [2.05, 4.69) is 12.2 Å². The molecular formula is C11H23NO3. The van der Waals surface area contributed by atoms with Crippen LogP contribution in [0.3, 0.4) is 0 Å². The summed E-state index contributed by atoms with van der Waals surface area (Å²) in [6.07, 6.45) is 1.43. The monoisotopic (exact) mass is 217 g/mol. The summed E-state index contributed by atoms with van der Waals surface area (Å²) in [6.45, 7) is 6.37. The summed E-state index contributed by atoms with van der Waals surface area (Å²) in [4.78, 5) is 0. The van der Waals surface area contributed by atoms with Gasteiger partial charge in [0.15, 0.2) is 0 Å². The predicted octanol–water partition coefficient (Wildman–Crippen LogP) is -0.00810. The fourth-order valence-corrected chi connectivity index (χ4v) is 1.77. The van der Waals surface area contributed by atoms with Gasteiger partial charge in [-0.05, 0) is 19.3 Å². The van der Waals surface area contributed by atoms with Crippen molar-refractivity contribution in [1.82, 2.24) is 5.32 Å². The van der Waals surface area contributed by atoms with Crippen molar-refractivity contribution in [2.24, 2.45) is 11.3 Å². The van der Waals surface area contributed by atoms with E-state index in [1.807, 2.05) is 6.92 Å². The normalized spacial score (nSPS) is 27.2. The molecule has 0 aromatic carbocycles. The van der Waals surface area contributed by atoms with Gasteiger partial charge in [-0.3, -0.25) is 0 Å². The Hall–Kier alpha value is -0.160. The van der Waals surface area contributed by atoms with Gasteiger partial charge >= 0.3 is 0 Å². The van der Waals surface area contributed by atoms with E-state index in [1.165, 1.54) is 0 Å². The highest BCUT2D eigenvalue weighted by Gasteiger charge is 2.26. The summed E-state index contributed by atoms with van der Waals surface area (Å²) in [5, 5.41) is 21.5. The van der Waals surface area contributed by atoms with Gasteiger partial charge < -0.3 is 20.3 Å². The average Bonchev–Trinajstić information content (AvgIpc) is 2.64. The Balaban J connectivity index is 2.20. The largest absolute Gasteiger partial charge is 0.396 e. The number of hydrogen-bond acceptors (Lipinski definition) is 4. The molecular weight excluding hydrogens is 194 g/mol. The van der Waals surface area contributed by atoms with Crippen LogP contribution in [0.2, 0.25) is 0 Å². The minimum Gasteiger partial charge on any atom is -0.396 e. The SMILES string of the molecule is CC1OCCC1CNCC(C)(CO)CO. The van der Waals surface area contributed by atoms with Gasteiger partial charge in [0.2, 0.25) is 0 Å². The summed E-state index contributed by atoms with van der Waals surface area (Å²) in [6, 6.07) is 0. The molecule has 3 N–H and O–H groups in total. The minimum absolute atomic E-state index is 0.00716. The Labute approximate surface area is 91.6 Å². The zero-order valence-corrected chi connectivity index (χ0v) is 9.70. The van der Waals surface area contributed by atoms with E-state index in [0.29, 0.717) is 18.6 Å². The number of aliphatic hydroxyl groups excluding tert-OH is 2. The Morgan fingerprint density at radius 3 is 2.53 bits per heavy atom. The molecule has 0 radical (unpaired) electrons. The van der Waals surface area contributed by atoms with Crippen molar-refractivity contribution in [1.29, 1.82) is 0 Å². The van der Waals surface area contributed by atoms with Crippen LogP contribution in [0.1, 0.15) is 20.3 Å². The summed E-state index contributed by atoms with van der Waals surface area (Å²) in [5.74, 6) is 0.562. The van der Waals surface area contributed by atoms with Crippen molar-refractivity contribution in [3.8, 4) is 0 Å². The highest BCUT2D eigenvalue weighted by atomic mass is 16.5. The van der Waals surface area contributed by atoms with Crippen LogP contribution in [0, 0.1) is 11.3 Å². The molecule has 2 unspecified atom stereocenters. The molecule has 4 heteroatoms. The molecule has 0 saturated carbocycles. The van der Waals surface area contributed by atoms with Crippen LogP contribution in [-0.2, 0) is 4.74 Å². The smallest absolute Gasteiger partial charge is 0.0588 e. The number of hydrogen-bond donors (Lipinski definition) is 3. The zero-order valence-electron chi connectivity index (χ0n) is 9.70. The summed E-state index contributed by atoms with van der Waals surface area (Å²) < 4.78 is 5.46. The topological polar surface area (TPSA) is 61.7 Å². The second-order valence-electron chi connectivity index (χ2n) is 4.88. The molecule has 0 aliphatic carbocycles. The van der Waals surface area contributed by atoms with E-state index in [1.54, 1.807) is 0 Å². The standard InChI is InChI=1S/C11H23NO3/c1-9-10(3-4-15-9)5-12-6-11(2,7-13)8-14/h9-10,12-14H,3-8H2,1-2H3. The van der Waals surface area contributed by atoms with Crippen LogP contribution < -0.4 is 5.32 Å². The second kappa shape index (κ2) is 5.80. The van der Waals surface area contributed by atoms with E-state index < -0.39 is 5.41 Å². The van der Waals surface area contributed by atoms with Gasteiger partial charge in [0.1, 0.15) is 0 Å². The molecule has 90 valence electrons.